The van der Waals surface area contributed by atoms with E-state index in [1.165, 1.54) is 23.8 Å². The van der Waals surface area contributed by atoms with E-state index in [1.807, 2.05) is 19.1 Å². The third-order valence-corrected chi connectivity index (χ3v) is 5.53. The van der Waals surface area contributed by atoms with Crippen LogP contribution in [0.1, 0.15) is 40.5 Å². The summed E-state index contributed by atoms with van der Waals surface area (Å²) in [7, 11) is 0. The van der Waals surface area contributed by atoms with E-state index in [9.17, 15) is 14.9 Å². The highest BCUT2D eigenvalue weighted by molar-refractivity contribution is 6.32. The number of hydrogen-bond acceptors (Lipinski definition) is 4. The van der Waals surface area contributed by atoms with Crippen LogP contribution in [0.5, 0.6) is 0 Å². The predicted molar refractivity (Wildman–Crippen MR) is 107 cm³/mol. The van der Waals surface area contributed by atoms with E-state index in [0.29, 0.717) is 13.1 Å². The first kappa shape index (κ1) is 18.4. The molecular formula is C20H19ClN4O3. The molecular weight excluding hydrogens is 380 g/mol. The van der Waals surface area contributed by atoms with Gasteiger partial charge in [0.1, 0.15) is 10.8 Å². The van der Waals surface area contributed by atoms with Crippen LogP contribution in [0.2, 0.25) is 5.02 Å². The number of carbonyl (C=O) groups is 1. The molecule has 2 heterocycles. The number of nitro groups is 1. The average molecular weight is 399 g/mol. The van der Waals surface area contributed by atoms with Gasteiger partial charge in [-0.1, -0.05) is 17.7 Å². The Bertz CT molecular complexity index is 1070. The van der Waals surface area contributed by atoms with Crippen molar-refractivity contribution in [1.82, 2.24) is 14.9 Å². The van der Waals surface area contributed by atoms with Crippen LogP contribution in [0, 0.1) is 17.0 Å². The van der Waals surface area contributed by atoms with Crippen LogP contribution in [-0.2, 0) is 0 Å². The Kier molecular flexibility index (Phi) is 4.77. The van der Waals surface area contributed by atoms with Gasteiger partial charge in [0.15, 0.2) is 0 Å². The van der Waals surface area contributed by atoms with Gasteiger partial charge in [-0.15, -0.1) is 0 Å². The fourth-order valence-electron chi connectivity index (χ4n) is 3.66. The molecule has 7 nitrogen and oxygen atoms in total. The van der Waals surface area contributed by atoms with Crippen LogP contribution in [-0.4, -0.2) is 38.8 Å². The number of nitro benzene ring substituents is 1. The van der Waals surface area contributed by atoms with E-state index in [2.05, 4.69) is 11.1 Å². The number of aromatic amines is 1. The van der Waals surface area contributed by atoms with Crippen molar-refractivity contribution in [2.75, 3.05) is 13.1 Å². The monoisotopic (exact) mass is 398 g/mol. The molecule has 3 aromatic rings. The number of nitrogens with zero attached hydrogens (tertiary/aromatic N) is 3. The minimum Gasteiger partial charge on any atom is -0.342 e. The zero-order chi connectivity index (χ0) is 19.8. The molecule has 1 aromatic heterocycles. The van der Waals surface area contributed by atoms with Crippen LogP contribution in [0.25, 0.3) is 11.0 Å². The van der Waals surface area contributed by atoms with Crippen molar-refractivity contribution < 1.29 is 9.72 Å². The molecule has 0 radical (unpaired) electrons. The first-order valence-corrected chi connectivity index (χ1v) is 9.49. The minimum atomic E-state index is -0.575. The summed E-state index contributed by atoms with van der Waals surface area (Å²) < 4.78 is 0. The number of likely N-dealkylation sites (tertiary alicyclic amines) is 1. The van der Waals surface area contributed by atoms with Gasteiger partial charge in [0.2, 0.25) is 0 Å². The molecule has 0 spiro atoms. The van der Waals surface area contributed by atoms with Crippen molar-refractivity contribution in [3.05, 3.63) is 68.5 Å². The Morgan fingerprint density at radius 3 is 2.71 bits per heavy atom. The number of benzene rings is 2. The lowest BCUT2D eigenvalue weighted by molar-refractivity contribution is -0.384. The third-order valence-electron chi connectivity index (χ3n) is 5.21. The SMILES string of the molecule is Cc1ccc2nc(C3CCN(C(=O)c4ccc(Cl)c([N+](=O)[O-])c4)CC3)[nH]c2c1. The lowest BCUT2D eigenvalue weighted by Crippen LogP contribution is -2.38. The number of piperidine rings is 1. The van der Waals surface area contributed by atoms with Gasteiger partial charge in [0.25, 0.3) is 11.6 Å². The van der Waals surface area contributed by atoms with Crippen molar-refractivity contribution >= 4 is 34.2 Å². The molecule has 1 fully saturated rings. The van der Waals surface area contributed by atoms with Crippen LogP contribution in [0.3, 0.4) is 0 Å². The van der Waals surface area contributed by atoms with Gasteiger partial charge < -0.3 is 9.88 Å². The molecule has 144 valence electrons. The molecule has 0 unspecified atom stereocenters. The number of fused-ring (bicyclic) bond motifs is 1. The largest absolute Gasteiger partial charge is 0.342 e. The molecule has 1 saturated heterocycles. The molecule has 1 amide bonds. The van der Waals surface area contributed by atoms with Gasteiger partial charge in [0, 0.05) is 30.6 Å². The number of H-pyrrole nitrogens is 1. The van der Waals surface area contributed by atoms with Gasteiger partial charge in [0.05, 0.1) is 16.0 Å². The second-order valence-corrected chi connectivity index (χ2v) is 7.54. The molecule has 0 bridgehead atoms. The number of halogens is 1. The maximum absolute atomic E-state index is 12.7. The number of aromatic nitrogens is 2. The van der Waals surface area contributed by atoms with Gasteiger partial charge in [-0.3, -0.25) is 14.9 Å². The zero-order valence-electron chi connectivity index (χ0n) is 15.3. The summed E-state index contributed by atoms with van der Waals surface area (Å²) in [4.78, 5) is 33.1. The predicted octanol–water partition coefficient (Wildman–Crippen LogP) is 4.45. The number of nitrogens with one attached hydrogen (secondary N) is 1. The van der Waals surface area contributed by atoms with Crippen molar-refractivity contribution in [2.45, 2.75) is 25.7 Å². The second kappa shape index (κ2) is 7.24. The van der Waals surface area contributed by atoms with E-state index in [1.54, 1.807) is 4.90 Å². The fraction of sp³-hybridized carbons (Fsp3) is 0.300. The summed E-state index contributed by atoms with van der Waals surface area (Å²) in [6, 6.07) is 10.3. The van der Waals surface area contributed by atoms with Gasteiger partial charge >= 0.3 is 0 Å². The molecule has 1 N–H and O–H groups in total. The first-order valence-electron chi connectivity index (χ1n) is 9.12. The molecule has 2 aromatic carbocycles. The smallest absolute Gasteiger partial charge is 0.288 e. The highest BCUT2D eigenvalue weighted by Crippen LogP contribution is 2.30. The van der Waals surface area contributed by atoms with Crippen LogP contribution < -0.4 is 0 Å². The molecule has 0 atom stereocenters. The van der Waals surface area contributed by atoms with Crippen molar-refractivity contribution in [3.63, 3.8) is 0 Å². The lowest BCUT2D eigenvalue weighted by Gasteiger charge is -2.31. The van der Waals surface area contributed by atoms with Gasteiger partial charge in [-0.05, 0) is 49.6 Å². The number of imidazole rings is 1. The summed E-state index contributed by atoms with van der Waals surface area (Å²) in [5.74, 6) is 1.00. The molecule has 4 rings (SSSR count). The number of hydrogen-bond donors (Lipinski definition) is 1. The lowest BCUT2D eigenvalue weighted by atomic mass is 9.95. The fourth-order valence-corrected chi connectivity index (χ4v) is 3.85. The molecule has 1 aliphatic heterocycles. The zero-order valence-corrected chi connectivity index (χ0v) is 16.1. The van der Waals surface area contributed by atoms with E-state index in [4.69, 9.17) is 16.6 Å². The Morgan fingerprint density at radius 2 is 2.00 bits per heavy atom. The Hall–Kier alpha value is -2.93. The van der Waals surface area contributed by atoms with Crippen LogP contribution in [0.15, 0.2) is 36.4 Å². The molecule has 1 aliphatic rings. The quantitative estimate of drug-likeness (QED) is 0.521. The molecule has 0 saturated carbocycles. The minimum absolute atomic E-state index is 0.0281. The van der Waals surface area contributed by atoms with Crippen LogP contribution >= 0.6 is 11.6 Å². The van der Waals surface area contributed by atoms with E-state index in [-0.39, 0.29) is 28.1 Å². The number of aryl methyl sites for hydroxylation is 1. The summed E-state index contributed by atoms with van der Waals surface area (Å²) in [5, 5.41) is 11.1. The van der Waals surface area contributed by atoms with Gasteiger partial charge in [-0.2, -0.15) is 0 Å². The number of amides is 1. The second-order valence-electron chi connectivity index (χ2n) is 7.13. The molecule has 0 aliphatic carbocycles. The van der Waals surface area contributed by atoms with Gasteiger partial charge in [-0.25, -0.2) is 4.98 Å². The Labute approximate surface area is 166 Å². The Balaban J connectivity index is 1.46. The first-order chi connectivity index (χ1) is 13.4. The standard InChI is InChI=1S/C20H19ClN4O3/c1-12-2-5-16-17(10-12)23-19(22-16)13-6-8-24(9-7-13)20(26)14-3-4-15(21)18(11-14)25(27)28/h2-5,10-11,13H,6-9H2,1H3,(H,22,23). The summed E-state index contributed by atoms with van der Waals surface area (Å²) >= 11 is 5.83. The van der Waals surface area contributed by atoms with Crippen molar-refractivity contribution in [1.29, 1.82) is 0 Å². The molecule has 8 heteroatoms. The van der Waals surface area contributed by atoms with Crippen LogP contribution in [0.4, 0.5) is 5.69 Å². The highest BCUT2D eigenvalue weighted by atomic mass is 35.5. The third kappa shape index (κ3) is 3.45. The number of rotatable bonds is 3. The van der Waals surface area contributed by atoms with Crippen molar-refractivity contribution in [2.24, 2.45) is 0 Å². The van der Waals surface area contributed by atoms with Crippen molar-refractivity contribution in [3.8, 4) is 0 Å². The Morgan fingerprint density at radius 1 is 1.25 bits per heavy atom. The normalized spacial score (nSPS) is 15.1. The topological polar surface area (TPSA) is 92.1 Å². The maximum Gasteiger partial charge on any atom is 0.288 e. The van der Waals surface area contributed by atoms with E-state index >= 15 is 0 Å². The summed E-state index contributed by atoms with van der Waals surface area (Å²) in [6.45, 7) is 3.21. The maximum atomic E-state index is 12.7. The average Bonchev–Trinajstić information content (AvgIpc) is 3.11. The summed E-state index contributed by atoms with van der Waals surface area (Å²) in [6.07, 6.45) is 1.58. The van der Waals surface area contributed by atoms with E-state index < -0.39 is 4.92 Å². The summed E-state index contributed by atoms with van der Waals surface area (Å²) in [5.41, 5.74) is 3.20. The van der Waals surface area contributed by atoms with E-state index in [0.717, 1.165) is 29.7 Å². The number of carbonyl (C=O) groups excluding carboxylic acids is 1. The highest BCUT2D eigenvalue weighted by Gasteiger charge is 2.27. The molecule has 28 heavy (non-hydrogen) atoms.